The minimum Gasteiger partial charge on any atom is -0.366 e. The topological polar surface area (TPSA) is 71.3 Å². The molecule has 0 amide bonds. The number of nitrogens with zero attached hydrogens (tertiary/aromatic N) is 3. The average Bonchev–Trinajstić information content (AvgIpc) is 3.07. The summed E-state index contributed by atoms with van der Waals surface area (Å²) in [4.78, 5) is 16.7. The van der Waals surface area contributed by atoms with Crippen LogP contribution in [0.25, 0.3) is 0 Å². The van der Waals surface area contributed by atoms with Crippen LogP contribution in [0.4, 0.5) is 11.5 Å². The Morgan fingerprint density at radius 3 is 2.65 bits per heavy atom. The molecule has 1 N–H and O–H groups in total. The van der Waals surface area contributed by atoms with Crippen LogP contribution in [-0.2, 0) is 13.1 Å². The lowest BCUT2D eigenvalue weighted by molar-refractivity contribution is -0.385. The molecule has 0 unspecified atom stereocenters. The van der Waals surface area contributed by atoms with Gasteiger partial charge in [-0.15, -0.1) is 0 Å². The van der Waals surface area contributed by atoms with Gasteiger partial charge < -0.3 is 5.32 Å². The van der Waals surface area contributed by atoms with Crippen molar-refractivity contribution >= 4 is 11.5 Å². The number of nitro groups is 1. The number of benzene rings is 1. The Labute approximate surface area is 135 Å². The molecule has 2 aromatic rings. The maximum Gasteiger partial charge on any atom is 0.287 e. The molecule has 1 aliphatic heterocycles. The van der Waals surface area contributed by atoms with Crippen molar-refractivity contribution in [1.82, 2.24) is 9.88 Å². The van der Waals surface area contributed by atoms with Gasteiger partial charge in [0, 0.05) is 19.2 Å². The van der Waals surface area contributed by atoms with Crippen molar-refractivity contribution in [2.75, 3.05) is 18.4 Å². The van der Waals surface area contributed by atoms with E-state index >= 15 is 0 Å². The molecule has 0 saturated carbocycles. The number of rotatable bonds is 6. The lowest BCUT2D eigenvalue weighted by Crippen LogP contribution is -2.18. The highest BCUT2D eigenvalue weighted by Crippen LogP contribution is 2.15. The highest BCUT2D eigenvalue weighted by atomic mass is 16.6. The van der Waals surface area contributed by atoms with Crippen LogP contribution in [0.5, 0.6) is 0 Å². The summed E-state index contributed by atoms with van der Waals surface area (Å²) in [6.07, 6.45) is 3.87. The first kappa shape index (κ1) is 15.4. The average molecular weight is 312 g/mol. The zero-order valence-corrected chi connectivity index (χ0v) is 12.9. The largest absolute Gasteiger partial charge is 0.366 e. The zero-order valence-electron chi connectivity index (χ0n) is 12.9. The Balaban J connectivity index is 1.58. The number of hydrogen-bond donors (Lipinski definition) is 1. The van der Waals surface area contributed by atoms with Gasteiger partial charge in [-0.25, -0.2) is 4.98 Å². The van der Waals surface area contributed by atoms with E-state index < -0.39 is 4.92 Å². The van der Waals surface area contributed by atoms with Crippen LogP contribution in [0.15, 0.2) is 42.6 Å². The molecular formula is C17H20N4O2. The normalized spacial score (nSPS) is 14.8. The van der Waals surface area contributed by atoms with E-state index in [2.05, 4.69) is 39.5 Å². The SMILES string of the molecule is O=[N+]([O-])c1ccc(NCc2cccc(CN3CCCC3)c2)nc1. The smallest absolute Gasteiger partial charge is 0.287 e. The number of likely N-dealkylation sites (tertiary alicyclic amines) is 1. The second-order valence-electron chi connectivity index (χ2n) is 5.82. The number of pyridine rings is 1. The first-order valence-electron chi connectivity index (χ1n) is 7.85. The Morgan fingerprint density at radius 2 is 1.96 bits per heavy atom. The summed E-state index contributed by atoms with van der Waals surface area (Å²) in [6, 6.07) is 11.6. The van der Waals surface area contributed by atoms with Gasteiger partial charge in [0.15, 0.2) is 0 Å². The Bertz CT molecular complexity index is 667. The minimum absolute atomic E-state index is 0.00293. The highest BCUT2D eigenvalue weighted by Gasteiger charge is 2.11. The minimum atomic E-state index is -0.446. The van der Waals surface area contributed by atoms with Gasteiger partial charge in [-0.05, 0) is 43.1 Å². The number of anilines is 1. The van der Waals surface area contributed by atoms with Crippen molar-refractivity contribution in [1.29, 1.82) is 0 Å². The highest BCUT2D eigenvalue weighted by molar-refractivity contribution is 5.41. The lowest BCUT2D eigenvalue weighted by Gasteiger charge is -2.15. The zero-order chi connectivity index (χ0) is 16.1. The van der Waals surface area contributed by atoms with E-state index in [4.69, 9.17) is 0 Å². The summed E-state index contributed by atoms with van der Waals surface area (Å²) in [5.74, 6) is 0.639. The summed E-state index contributed by atoms with van der Waals surface area (Å²) in [6.45, 7) is 4.03. The lowest BCUT2D eigenvalue weighted by atomic mass is 10.1. The van der Waals surface area contributed by atoms with E-state index in [9.17, 15) is 10.1 Å². The van der Waals surface area contributed by atoms with Crippen molar-refractivity contribution in [3.8, 4) is 0 Å². The molecule has 3 rings (SSSR count). The molecular weight excluding hydrogens is 292 g/mol. The van der Waals surface area contributed by atoms with E-state index in [0.717, 1.165) is 6.54 Å². The monoisotopic (exact) mass is 312 g/mol. The summed E-state index contributed by atoms with van der Waals surface area (Å²) in [7, 11) is 0. The van der Waals surface area contributed by atoms with E-state index in [1.807, 2.05) is 0 Å². The number of aromatic nitrogens is 1. The molecule has 1 aliphatic rings. The van der Waals surface area contributed by atoms with Gasteiger partial charge in [0.25, 0.3) is 5.69 Å². The quantitative estimate of drug-likeness (QED) is 0.655. The number of nitrogens with one attached hydrogen (secondary N) is 1. The standard InChI is InChI=1S/C17H20N4O2/c22-21(23)16-6-7-17(19-12-16)18-11-14-4-3-5-15(10-14)13-20-8-1-2-9-20/h3-7,10,12H,1-2,8-9,11,13H2,(H,18,19). The van der Waals surface area contributed by atoms with E-state index in [0.29, 0.717) is 12.4 Å². The third-order valence-corrected chi connectivity index (χ3v) is 4.03. The van der Waals surface area contributed by atoms with Gasteiger partial charge >= 0.3 is 0 Å². The molecule has 0 bridgehead atoms. The summed E-state index contributed by atoms with van der Waals surface area (Å²) in [5.41, 5.74) is 2.51. The predicted octanol–water partition coefficient (Wildman–Crippen LogP) is 3.20. The molecule has 6 nitrogen and oxygen atoms in total. The molecule has 1 aromatic heterocycles. The first-order valence-corrected chi connectivity index (χ1v) is 7.85. The van der Waals surface area contributed by atoms with Crippen LogP contribution in [0.2, 0.25) is 0 Å². The van der Waals surface area contributed by atoms with Crippen molar-refractivity contribution in [2.24, 2.45) is 0 Å². The second-order valence-corrected chi connectivity index (χ2v) is 5.82. The first-order chi connectivity index (χ1) is 11.2. The van der Waals surface area contributed by atoms with Crippen molar-refractivity contribution < 1.29 is 4.92 Å². The van der Waals surface area contributed by atoms with Crippen LogP contribution in [0.1, 0.15) is 24.0 Å². The van der Waals surface area contributed by atoms with Crippen molar-refractivity contribution in [3.63, 3.8) is 0 Å². The Morgan fingerprint density at radius 1 is 1.17 bits per heavy atom. The molecule has 1 saturated heterocycles. The molecule has 0 spiro atoms. The van der Waals surface area contributed by atoms with Gasteiger partial charge in [-0.2, -0.15) is 0 Å². The van der Waals surface area contributed by atoms with Gasteiger partial charge in [0.2, 0.25) is 0 Å². The van der Waals surface area contributed by atoms with Crippen LogP contribution in [-0.4, -0.2) is 27.9 Å². The molecule has 0 atom stereocenters. The molecule has 120 valence electrons. The molecule has 6 heteroatoms. The van der Waals surface area contributed by atoms with E-state index in [-0.39, 0.29) is 5.69 Å². The third-order valence-electron chi connectivity index (χ3n) is 4.03. The predicted molar refractivity (Wildman–Crippen MR) is 89.2 cm³/mol. The number of hydrogen-bond acceptors (Lipinski definition) is 5. The van der Waals surface area contributed by atoms with E-state index in [1.165, 1.54) is 49.3 Å². The van der Waals surface area contributed by atoms with Crippen LogP contribution >= 0.6 is 0 Å². The maximum atomic E-state index is 10.6. The summed E-state index contributed by atoms with van der Waals surface area (Å²) in [5, 5.41) is 13.8. The molecule has 0 aliphatic carbocycles. The van der Waals surface area contributed by atoms with Crippen LogP contribution in [0, 0.1) is 10.1 Å². The fourth-order valence-corrected chi connectivity index (χ4v) is 2.83. The van der Waals surface area contributed by atoms with E-state index in [1.54, 1.807) is 6.07 Å². The summed E-state index contributed by atoms with van der Waals surface area (Å²) < 4.78 is 0. The second kappa shape index (κ2) is 7.19. The molecule has 2 heterocycles. The fourth-order valence-electron chi connectivity index (χ4n) is 2.83. The fraction of sp³-hybridized carbons (Fsp3) is 0.353. The van der Waals surface area contributed by atoms with Crippen LogP contribution < -0.4 is 5.32 Å². The maximum absolute atomic E-state index is 10.6. The van der Waals surface area contributed by atoms with Crippen molar-refractivity contribution in [3.05, 3.63) is 63.8 Å². The van der Waals surface area contributed by atoms with Gasteiger partial charge in [-0.3, -0.25) is 15.0 Å². The van der Waals surface area contributed by atoms with Crippen molar-refractivity contribution in [2.45, 2.75) is 25.9 Å². The molecule has 23 heavy (non-hydrogen) atoms. The van der Waals surface area contributed by atoms with Gasteiger partial charge in [-0.1, -0.05) is 24.3 Å². The molecule has 1 fully saturated rings. The Kier molecular flexibility index (Phi) is 4.83. The van der Waals surface area contributed by atoms with Crippen LogP contribution in [0.3, 0.4) is 0 Å². The summed E-state index contributed by atoms with van der Waals surface area (Å²) >= 11 is 0. The third kappa shape index (κ3) is 4.26. The molecule has 1 aromatic carbocycles. The molecule has 0 radical (unpaired) electrons. The van der Waals surface area contributed by atoms with Gasteiger partial charge in [0.05, 0.1) is 4.92 Å². The Hall–Kier alpha value is -2.47. The van der Waals surface area contributed by atoms with Gasteiger partial charge in [0.1, 0.15) is 12.0 Å².